The van der Waals surface area contributed by atoms with E-state index in [1.165, 1.54) is 5.56 Å². The van der Waals surface area contributed by atoms with E-state index in [1.807, 2.05) is 40.9 Å². The summed E-state index contributed by atoms with van der Waals surface area (Å²) >= 11 is 0. The predicted molar refractivity (Wildman–Crippen MR) is 112 cm³/mol. The van der Waals surface area contributed by atoms with Gasteiger partial charge in [0, 0.05) is 18.4 Å². The maximum Gasteiger partial charge on any atom is 0.235 e. The molecule has 150 valence electrons. The van der Waals surface area contributed by atoms with E-state index in [-0.39, 0.29) is 6.61 Å². The molecular formula is C23H24FN3O2. The number of hydrogen-bond acceptors (Lipinski definition) is 4. The summed E-state index contributed by atoms with van der Waals surface area (Å²) in [4.78, 5) is 9.34. The molecule has 4 rings (SSSR count). The quantitative estimate of drug-likeness (QED) is 0.373. The summed E-state index contributed by atoms with van der Waals surface area (Å²) < 4.78 is 24.4. The highest BCUT2D eigenvalue weighted by Crippen LogP contribution is 2.21. The molecule has 29 heavy (non-hydrogen) atoms. The molecule has 2 aromatic heterocycles. The standard InChI is InChI=1S/C23H24FN3O2/c24-12-15-29-17-16-28-14-3-4-18-7-9-19(10-8-18)20-11-13-27-22-6-2-1-5-21(22)26-23(27)25-20/h1-2,5-11,13H,3-4,12,14-17H2. The van der Waals surface area contributed by atoms with E-state index < -0.39 is 6.67 Å². The molecule has 0 aliphatic heterocycles. The van der Waals surface area contributed by atoms with Crippen LogP contribution in [-0.2, 0) is 15.9 Å². The van der Waals surface area contributed by atoms with Gasteiger partial charge < -0.3 is 9.47 Å². The number of fused-ring (bicyclic) bond motifs is 3. The van der Waals surface area contributed by atoms with E-state index in [0.717, 1.165) is 35.1 Å². The first-order valence-corrected chi connectivity index (χ1v) is 9.90. The van der Waals surface area contributed by atoms with Crippen molar-refractivity contribution in [3.05, 3.63) is 66.4 Å². The number of alkyl halides is 1. The van der Waals surface area contributed by atoms with Gasteiger partial charge in [-0.1, -0.05) is 36.4 Å². The molecule has 0 aliphatic rings. The summed E-state index contributed by atoms with van der Waals surface area (Å²) in [5.41, 5.74) is 5.26. The lowest BCUT2D eigenvalue weighted by atomic mass is 10.1. The highest BCUT2D eigenvalue weighted by molar-refractivity contribution is 5.79. The Morgan fingerprint density at radius 3 is 2.45 bits per heavy atom. The zero-order valence-electron chi connectivity index (χ0n) is 16.3. The molecule has 0 atom stereocenters. The number of benzene rings is 2. The van der Waals surface area contributed by atoms with Crippen molar-refractivity contribution in [2.75, 3.05) is 33.1 Å². The van der Waals surface area contributed by atoms with Gasteiger partial charge in [-0.25, -0.2) is 14.4 Å². The van der Waals surface area contributed by atoms with Crippen molar-refractivity contribution in [2.45, 2.75) is 12.8 Å². The first-order valence-electron chi connectivity index (χ1n) is 9.90. The Hall–Kier alpha value is -2.83. The van der Waals surface area contributed by atoms with Crippen LogP contribution in [0.2, 0.25) is 0 Å². The Bertz CT molecular complexity index is 1060. The van der Waals surface area contributed by atoms with Crippen LogP contribution in [0.3, 0.4) is 0 Å². The third-order valence-corrected chi connectivity index (χ3v) is 4.78. The van der Waals surface area contributed by atoms with E-state index in [2.05, 4.69) is 29.2 Å². The summed E-state index contributed by atoms with van der Waals surface area (Å²) in [5, 5.41) is 0. The van der Waals surface area contributed by atoms with Gasteiger partial charge in [0.25, 0.3) is 0 Å². The van der Waals surface area contributed by atoms with Crippen LogP contribution in [0.25, 0.3) is 28.1 Å². The van der Waals surface area contributed by atoms with Crippen LogP contribution in [0, 0.1) is 0 Å². The van der Waals surface area contributed by atoms with Crippen molar-refractivity contribution in [1.82, 2.24) is 14.4 Å². The molecule has 0 spiro atoms. The van der Waals surface area contributed by atoms with Gasteiger partial charge in [0.05, 0.1) is 36.5 Å². The third-order valence-electron chi connectivity index (χ3n) is 4.78. The largest absolute Gasteiger partial charge is 0.379 e. The number of rotatable bonds is 10. The first kappa shape index (κ1) is 19.5. The van der Waals surface area contributed by atoms with Crippen LogP contribution < -0.4 is 0 Å². The van der Waals surface area contributed by atoms with Gasteiger partial charge in [-0.15, -0.1) is 0 Å². The third kappa shape index (κ3) is 4.78. The van der Waals surface area contributed by atoms with Crippen LogP contribution in [0.5, 0.6) is 0 Å². The molecule has 0 saturated carbocycles. The van der Waals surface area contributed by atoms with Crippen molar-refractivity contribution >= 4 is 16.8 Å². The van der Waals surface area contributed by atoms with E-state index in [4.69, 9.17) is 14.5 Å². The number of aromatic nitrogens is 3. The molecule has 0 bridgehead atoms. The van der Waals surface area contributed by atoms with Gasteiger partial charge in [-0.3, -0.25) is 4.40 Å². The molecule has 2 heterocycles. The second kappa shape index (κ2) is 9.58. The topological polar surface area (TPSA) is 48.7 Å². The van der Waals surface area contributed by atoms with Gasteiger partial charge >= 0.3 is 0 Å². The smallest absolute Gasteiger partial charge is 0.235 e. The zero-order valence-corrected chi connectivity index (χ0v) is 16.3. The van der Waals surface area contributed by atoms with Gasteiger partial charge in [0.15, 0.2) is 0 Å². The zero-order chi connectivity index (χ0) is 19.9. The van der Waals surface area contributed by atoms with Gasteiger partial charge in [0.2, 0.25) is 5.78 Å². The fraction of sp³-hybridized carbons (Fsp3) is 0.304. The second-order valence-electron chi connectivity index (χ2n) is 6.80. The number of ether oxygens (including phenoxy) is 2. The molecule has 0 amide bonds. The summed E-state index contributed by atoms with van der Waals surface area (Å²) in [6, 6.07) is 18.5. The van der Waals surface area contributed by atoms with Crippen molar-refractivity contribution in [3.63, 3.8) is 0 Å². The Labute approximate surface area is 169 Å². The second-order valence-corrected chi connectivity index (χ2v) is 6.80. The number of aryl methyl sites for hydroxylation is 1. The lowest BCUT2D eigenvalue weighted by molar-refractivity contribution is 0.0421. The Balaban J connectivity index is 1.33. The van der Waals surface area contributed by atoms with Gasteiger partial charge in [0.1, 0.15) is 6.67 Å². The molecule has 0 saturated heterocycles. The minimum absolute atomic E-state index is 0.147. The van der Waals surface area contributed by atoms with Gasteiger partial charge in [-0.2, -0.15) is 0 Å². The maximum absolute atomic E-state index is 11.9. The predicted octanol–water partition coefficient (Wildman–Crippen LogP) is 4.48. The summed E-state index contributed by atoms with van der Waals surface area (Å²) in [7, 11) is 0. The fourth-order valence-electron chi connectivity index (χ4n) is 3.31. The molecule has 0 unspecified atom stereocenters. The average molecular weight is 393 g/mol. The SMILES string of the molecule is FCCOCCOCCCc1ccc(-c2ccn3c(n2)nc2ccccc23)cc1. The number of nitrogens with zero attached hydrogens (tertiary/aromatic N) is 3. The van der Waals surface area contributed by atoms with Crippen LogP contribution in [0.15, 0.2) is 60.8 Å². The molecule has 0 fully saturated rings. The minimum atomic E-state index is -0.446. The summed E-state index contributed by atoms with van der Waals surface area (Å²) in [6.45, 7) is 1.33. The number of halogens is 1. The van der Waals surface area contributed by atoms with Crippen molar-refractivity contribution in [3.8, 4) is 11.3 Å². The molecule has 0 aliphatic carbocycles. The van der Waals surface area contributed by atoms with Crippen LogP contribution in [-0.4, -0.2) is 47.5 Å². The highest BCUT2D eigenvalue weighted by Gasteiger charge is 2.07. The van der Waals surface area contributed by atoms with Crippen molar-refractivity contribution < 1.29 is 13.9 Å². The van der Waals surface area contributed by atoms with E-state index in [1.54, 1.807) is 0 Å². The van der Waals surface area contributed by atoms with Crippen LogP contribution in [0.4, 0.5) is 4.39 Å². The normalized spacial score (nSPS) is 11.5. The Kier molecular flexibility index (Phi) is 6.44. The Morgan fingerprint density at radius 1 is 0.828 bits per heavy atom. The maximum atomic E-state index is 11.9. The molecule has 5 nitrogen and oxygen atoms in total. The number of hydrogen-bond donors (Lipinski definition) is 0. The Morgan fingerprint density at radius 2 is 1.62 bits per heavy atom. The van der Waals surface area contributed by atoms with E-state index >= 15 is 0 Å². The molecule has 2 aromatic carbocycles. The fourth-order valence-corrected chi connectivity index (χ4v) is 3.31. The number of para-hydroxylation sites is 2. The summed E-state index contributed by atoms with van der Waals surface area (Å²) in [6.07, 6.45) is 3.91. The van der Waals surface area contributed by atoms with Gasteiger partial charge in [-0.05, 0) is 36.6 Å². The lowest BCUT2D eigenvalue weighted by Gasteiger charge is -2.06. The molecule has 6 heteroatoms. The average Bonchev–Trinajstić information content (AvgIpc) is 3.14. The monoisotopic (exact) mass is 393 g/mol. The molecule has 4 aromatic rings. The molecular weight excluding hydrogens is 369 g/mol. The summed E-state index contributed by atoms with van der Waals surface area (Å²) in [5.74, 6) is 0.709. The van der Waals surface area contributed by atoms with Crippen LogP contribution in [0.1, 0.15) is 12.0 Å². The van der Waals surface area contributed by atoms with E-state index in [0.29, 0.717) is 25.6 Å². The van der Waals surface area contributed by atoms with Crippen LogP contribution >= 0.6 is 0 Å². The first-order chi connectivity index (χ1) is 14.3. The minimum Gasteiger partial charge on any atom is -0.379 e. The highest BCUT2D eigenvalue weighted by atomic mass is 19.1. The van der Waals surface area contributed by atoms with Crippen molar-refractivity contribution in [1.29, 1.82) is 0 Å². The number of imidazole rings is 1. The van der Waals surface area contributed by atoms with E-state index in [9.17, 15) is 4.39 Å². The lowest BCUT2D eigenvalue weighted by Crippen LogP contribution is -2.07. The molecule has 0 N–H and O–H groups in total. The molecule has 0 radical (unpaired) electrons. The van der Waals surface area contributed by atoms with Crippen molar-refractivity contribution in [2.24, 2.45) is 0 Å².